The number of fused-ring (bicyclic) bond motifs is 7. The van der Waals surface area contributed by atoms with Crippen LogP contribution in [0, 0.1) is 28.6 Å². The van der Waals surface area contributed by atoms with Gasteiger partial charge in [0.15, 0.2) is 5.13 Å². The lowest BCUT2D eigenvalue weighted by Gasteiger charge is -2.56. The van der Waals surface area contributed by atoms with E-state index in [-0.39, 0.29) is 22.9 Å². The van der Waals surface area contributed by atoms with Crippen LogP contribution < -0.4 is 14.8 Å². The van der Waals surface area contributed by atoms with Gasteiger partial charge in [0.2, 0.25) is 0 Å². The predicted octanol–water partition coefficient (Wildman–Crippen LogP) is 7.41. The molecule has 4 aliphatic rings. The number of aromatic nitrogens is 1. The average Bonchev–Trinajstić information content (AvgIpc) is 3.48. The highest BCUT2D eigenvalue weighted by Crippen LogP contribution is 2.66. The van der Waals surface area contributed by atoms with E-state index in [1.165, 1.54) is 29.0 Å². The number of allylic oxidation sites excluding steroid dienone is 2. The summed E-state index contributed by atoms with van der Waals surface area (Å²) in [6, 6.07) is 5.78. The Kier molecular flexibility index (Phi) is 6.48. The Morgan fingerprint density at radius 1 is 1.13 bits per heavy atom. The minimum Gasteiger partial charge on any atom is -0.497 e. The predicted molar refractivity (Wildman–Crippen MR) is 151 cm³/mol. The van der Waals surface area contributed by atoms with Crippen LogP contribution in [-0.4, -0.2) is 31.3 Å². The largest absolute Gasteiger partial charge is 0.497 e. The van der Waals surface area contributed by atoms with Crippen LogP contribution in [-0.2, 0) is 16.0 Å². The summed E-state index contributed by atoms with van der Waals surface area (Å²) in [4.78, 5) is 18.5. The zero-order valence-corrected chi connectivity index (χ0v) is 24.1. The molecular formula is C31H40N2O4S. The fourth-order valence-electron chi connectivity index (χ4n) is 8.34. The van der Waals surface area contributed by atoms with Crippen LogP contribution in [0.4, 0.5) is 10.8 Å². The van der Waals surface area contributed by atoms with Gasteiger partial charge in [0.1, 0.15) is 17.6 Å². The molecule has 0 amide bonds. The van der Waals surface area contributed by atoms with E-state index in [0.717, 1.165) is 54.4 Å². The molecule has 204 valence electrons. The maximum Gasteiger partial charge on any atom is 0.305 e. The molecule has 6 atom stereocenters. The molecule has 0 bridgehead atoms. The molecule has 1 aromatic heterocycles. The van der Waals surface area contributed by atoms with Crippen molar-refractivity contribution in [2.24, 2.45) is 28.6 Å². The molecule has 2 aromatic rings. The molecule has 0 radical (unpaired) electrons. The maximum atomic E-state index is 12.2. The number of anilines is 2. The number of nitrogens with one attached hydrogen (secondary N) is 1. The Bertz CT molecular complexity index is 1270. The molecule has 4 aliphatic carbocycles. The Labute approximate surface area is 230 Å². The SMILES string of the molecule is CCC(=O)O[C@H]1CC[C@H]2[C@@H]3CC=C4c5sc(Nc6cc(OC)ccc6OC)nc5CC[C@]4(C)[C@H]3CC[C@]12C. The van der Waals surface area contributed by atoms with Crippen LogP contribution in [0.2, 0.25) is 0 Å². The molecule has 6 nitrogen and oxygen atoms in total. The third kappa shape index (κ3) is 3.95. The summed E-state index contributed by atoms with van der Waals surface area (Å²) in [5, 5.41) is 4.42. The lowest BCUT2D eigenvalue weighted by Crippen LogP contribution is -2.50. The molecule has 7 heteroatoms. The fourth-order valence-corrected chi connectivity index (χ4v) is 9.55. The summed E-state index contributed by atoms with van der Waals surface area (Å²) < 4.78 is 17.0. The third-order valence-electron chi connectivity index (χ3n) is 10.4. The van der Waals surface area contributed by atoms with E-state index in [2.05, 4.69) is 25.2 Å². The molecule has 0 aliphatic heterocycles. The number of esters is 1. The molecule has 0 saturated heterocycles. The monoisotopic (exact) mass is 536 g/mol. The van der Waals surface area contributed by atoms with Gasteiger partial charge in [0.05, 0.1) is 30.5 Å². The van der Waals surface area contributed by atoms with E-state index >= 15 is 0 Å². The average molecular weight is 537 g/mol. The van der Waals surface area contributed by atoms with Gasteiger partial charge in [-0.25, -0.2) is 4.98 Å². The minimum atomic E-state index is -0.0437. The van der Waals surface area contributed by atoms with Crippen LogP contribution in [0.3, 0.4) is 0 Å². The molecular weight excluding hydrogens is 496 g/mol. The van der Waals surface area contributed by atoms with Gasteiger partial charge in [-0.1, -0.05) is 38.2 Å². The fraction of sp³-hybridized carbons (Fsp3) is 0.613. The van der Waals surface area contributed by atoms with E-state index in [0.29, 0.717) is 24.2 Å². The van der Waals surface area contributed by atoms with E-state index in [1.807, 2.05) is 25.1 Å². The molecule has 0 spiro atoms. The second-order valence-electron chi connectivity index (χ2n) is 12.1. The topological polar surface area (TPSA) is 69.7 Å². The summed E-state index contributed by atoms with van der Waals surface area (Å²) in [6.45, 7) is 6.82. The minimum absolute atomic E-state index is 0.0437. The van der Waals surface area contributed by atoms with E-state index in [4.69, 9.17) is 19.2 Å². The highest BCUT2D eigenvalue weighted by atomic mass is 32.1. The van der Waals surface area contributed by atoms with Crippen LogP contribution in [0.5, 0.6) is 11.5 Å². The summed E-state index contributed by atoms with van der Waals surface area (Å²) >= 11 is 1.77. The first kappa shape index (κ1) is 25.7. The summed E-state index contributed by atoms with van der Waals surface area (Å²) in [6.07, 6.45) is 10.9. The van der Waals surface area contributed by atoms with Gasteiger partial charge in [0.25, 0.3) is 0 Å². The smallest absolute Gasteiger partial charge is 0.305 e. The van der Waals surface area contributed by atoms with Crippen molar-refractivity contribution in [3.05, 3.63) is 34.8 Å². The van der Waals surface area contributed by atoms with Gasteiger partial charge in [0, 0.05) is 17.9 Å². The normalized spacial score (nSPS) is 33.2. The number of methoxy groups -OCH3 is 2. The van der Waals surface area contributed by atoms with Crippen molar-refractivity contribution >= 4 is 33.7 Å². The van der Waals surface area contributed by atoms with E-state index in [9.17, 15) is 4.79 Å². The van der Waals surface area contributed by atoms with Crippen LogP contribution >= 0.6 is 11.3 Å². The van der Waals surface area contributed by atoms with Crippen LogP contribution in [0.1, 0.15) is 76.3 Å². The first-order valence-corrected chi connectivity index (χ1v) is 15.0. The molecule has 1 N–H and O–H groups in total. The standard InChI is InChI=1S/C31H40N2O4S/c1-6-27(34)37-26-12-10-20-19-8-9-22-28-23(14-16-30(22,2)21(19)13-15-31(20,26)3)32-29(38-28)33-24-17-18(35-4)7-11-25(24)36-5/h7,9,11,17,19-21,26H,6,8,10,12-16H2,1-5H3,(H,32,33)/t19-,20-,21-,26-,30+,31-/m0/s1. The van der Waals surface area contributed by atoms with Crippen molar-refractivity contribution in [2.75, 3.05) is 19.5 Å². The molecule has 2 saturated carbocycles. The van der Waals surface area contributed by atoms with E-state index < -0.39 is 0 Å². The quantitative estimate of drug-likeness (QED) is 0.388. The van der Waals surface area contributed by atoms with Crippen molar-refractivity contribution in [2.45, 2.75) is 78.2 Å². The van der Waals surface area contributed by atoms with Gasteiger partial charge in [-0.3, -0.25) is 4.79 Å². The highest BCUT2D eigenvalue weighted by molar-refractivity contribution is 7.16. The second-order valence-corrected chi connectivity index (χ2v) is 13.1. The molecule has 1 heterocycles. The summed E-state index contributed by atoms with van der Waals surface area (Å²) in [7, 11) is 3.36. The van der Waals surface area contributed by atoms with Crippen molar-refractivity contribution in [1.82, 2.24) is 4.98 Å². The number of ether oxygens (including phenoxy) is 3. The van der Waals surface area contributed by atoms with Crippen molar-refractivity contribution in [3.63, 3.8) is 0 Å². The molecule has 6 rings (SSSR count). The van der Waals surface area contributed by atoms with Gasteiger partial charge in [-0.15, -0.1) is 0 Å². The third-order valence-corrected chi connectivity index (χ3v) is 11.5. The first-order chi connectivity index (χ1) is 18.3. The summed E-state index contributed by atoms with van der Waals surface area (Å²) in [5.74, 6) is 3.48. The van der Waals surface area contributed by atoms with Crippen LogP contribution in [0.25, 0.3) is 5.57 Å². The number of thiazole rings is 1. The zero-order valence-electron chi connectivity index (χ0n) is 23.3. The lowest BCUT2D eigenvalue weighted by molar-refractivity contribution is -0.158. The lowest BCUT2D eigenvalue weighted by atomic mass is 9.48. The number of nitrogens with zero attached hydrogens (tertiary/aromatic N) is 1. The van der Waals surface area contributed by atoms with Gasteiger partial charge in [-0.2, -0.15) is 0 Å². The number of rotatable bonds is 6. The molecule has 2 fully saturated rings. The van der Waals surface area contributed by atoms with E-state index in [1.54, 1.807) is 25.6 Å². The van der Waals surface area contributed by atoms with Gasteiger partial charge < -0.3 is 19.5 Å². The Hall–Kier alpha value is -2.54. The molecule has 1 aromatic carbocycles. The highest BCUT2D eigenvalue weighted by Gasteiger charge is 2.60. The second kappa shape index (κ2) is 9.58. The Balaban J connectivity index is 1.27. The first-order valence-electron chi connectivity index (χ1n) is 14.2. The maximum absolute atomic E-state index is 12.2. The number of carbonyl (C=O) groups is 1. The number of aryl methyl sites for hydroxylation is 1. The number of carbonyl (C=O) groups excluding carboxylic acids is 1. The van der Waals surface area contributed by atoms with Gasteiger partial charge >= 0.3 is 5.97 Å². The van der Waals surface area contributed by atoms with Crippen LogP contribution in [0.15, 0.2) is 24.3 Å². The van der Waals surface area contributed by atoms with Crippen molar-refractivity contribution in [3.8, 4) is 11.5 Å². The summed E-state index contributed by atoms with van der Waals surface area (Å²) in [5.41, 5.74) is 3.88. The molecule has 38 heavy (non-hydrogen) atoms. The Morgan fingerprint density at radius 3 is 2.74 bits per heavy atom. The van der Waals surface area contributed by atoms with Crippen molar-refractivity contribution < 1.29 is 19.0 Å². The number of benzene rings is 1. The van der Waals surface area contributed by atoms with Gasteiger partial charge in [-0.05, 0) is 85.8 Å². The Morgan fingerprint density at radius 2 is 1.97 bits per heavy atom. The van der Waals surface area contributed by atoms with Crippen molar-refractivity contribution in [1.29, 1.82) is 0 Å². The number of hydrogen-bond acceptors (Lipinski definition) is 7. The zero-order chi connectivity index (χ0) is 26.7. The number of hydrogen-bond donors (Lipinski definition) is 1. The molecule has 0 unspecified atom stereocenters.